The highest BCUT2D eigenvalue weighted by atomic mass is 16.3. The second-order valence-corrected chi connectivity index (χ2v) is 4.67. The van der Waals surface area contributed by atoms with E-state index in [9.17, 15) is 5.11 Å². The van der Waals surface area contributed by atoms with Crippen molar-refractivity contribution in [3.05, 3.63) is 65.5 Å². The average Bonchev–Trinajstić information content (AvgIpc) is 2.82. The summed E-state index contributed by atoms with van der Waals surface area (Å²) in [5.41, 5.74) is 3.67. The number of pyridine rings is 1. The first-order valence-electron chi connectivity index (χ1n) is 5.99. The molecule has 2 heteroatoms. The van der Waals surface area contributed by atoms with Crippen molar-refractivity contribution in [2.75, 3.05) is 0 Å². The Morgan fingerprint density at radius 2 is 1.76 bits per heavy atom. The zero-order chi connectivity index (χ0) is 11.7. The lowest BCUT2D eigenvalue weighted by molar-refractivity contribution is 0.113. The average molecular weight is 225 g/mol. The lowest BCUT2D eigenvalue weighted by Gasteiger charge is -2.17. The van der Waals surface area contributed by atoms with E-state index >= 15 is 0 Å². The predicted molar refractivity (Wildman–Crippen MR) is 66.5 cm³/mol. The third-order valence-electron chi connectivity index (χ3n) is 3.56. The molecule has 0 saturated carbocycles. The van der Waals surface area contributed by atoms with Gasteiger partial charge in [0.25, 0.3) is 0 Å². The van der Waals surface area contributed by atoms with Crippen LogP contribution in [0.25, 0.3) is 0 Å². The molecule has 1 aliphatic rings. The first kappa shape index (κ1) is 10.5. The number of fused-ring (bicyclic) bond motifs is 1. The second kappa shape index (κ2) is 4.30. The van der Waals surface area contributed by atoms with Gasteiger partial charge >= 0.3 is 0 Å². The molecule has 3 rings (SSSR count). The number of nitrogens with zero attached hydrogens (tertiary/aromatic N) is 1. The van der Waals surface area contributed by atoms with Gasteiger partial charge in [0.1, 0.15) is 0 Å². The molecular weight excluding hydrogens is 210 g/mol. The molecule has 86 valence electrons. The van der Waals surface area contributed by atoms with Crippen molar-refractivity contribution in [3.63, 3.8) is 0 Å². The van der Waals surface area contributed by atoms with Gasteiger partial charge in [-0.1, -0.05) is 30.3 Å². The summed E-state index contributed by atoms with van der Waals surface area (Å²) in [4.78, 5) is 4.07. The number of rotatable bonds is 2. The van der Waals surface area contributed by atoms with E-state index in [4.69, 9.17) is 0 Å². The highest BCUT2D eigenvalue weighted by Crippen LogP contribution is 2.34. The maximum absolute atomic E-state index is 10.4. The molecule has 0 aliphatic heterocycles. The molecule has 0 amide bonds. The van der Waals surface area contributed by atoms with Crippen LogP contribution in [0.3, 0.4) is 0 Å². The van der Waals surface area contributed by atoms with Gasteiger partial charge in [-0.2, -0.15) is 0 Å². The van der Waals surface area contributed by atoms with E-state index in [0.29, 0.717) is 0 Å². The van der Waals surface area contributed by atoms with Gasteiger partial charge in [-0.25, -0.2) is 0 Å². The molecular formula is C15H15NO. The molecule has 2 nitrogen and oxygen atoms in total. The molecule has 17 heavy (non-hydrogen) atoms. The molecule has 1 aliphatic carbocycles. The Morgan fingerprint density at radius 1 is 1.06 bits per heavy atom. The fourth-order valence-corrected chi connectivity index (χ4v) is 2.64. The molecule has 1 atom stereocenters. The fraction of sp³-hybridized carbons (Fsp3) is 0.267. The summed E-state index contributed by atoms with van der Waals surface area (Å²) in [7, 11) is 0. The van der Waals surface area contributed by atoms with Gasteiger partial charge in [0, 0.05) is 12.4 Å². The van der Waals surface area contributed by atoms with Crippen molar-refractivity contribution in [3.8, 4) is 0 Å². The molecule has 1 unspecified atom stereocenters. The number of benzene rings is 1. The summed E-state index contributed by atoms with van der Waals surface area (Å²) in [6.45, 7) is 0. The van der Waals surface area contributed by atoms with Crippen molar-refractivity contribution >= 4 is 0 Å². The molecule has 0 saturated heterocycles. The van der Waals surface area contributed by atoms with Crippen molar-refractivity contribution < 1.29 is 5.11 Å². The monoisotopic (exact) mass is 225 g/mol. The van der Waals surface area contributed by atoms with Crippen molar-refractivity contribution in [2.45, 2.75) is 18.9 Å². The first-order chi connectivity index (χ1) is 8.34. The van der Waals surface area contributed by atoms with E-state index in [2.05, 4.69) is 29.2 Å². The Bertz CT molecular complexity index is 484. The molecule has 0 fully saturated rings. The number of aliphatic hydroxyl groups is 1. The van der Waals surface area contributed by atoms with Crippen LogP contribution >= 0.6 is 0 Å². The van der Waals surface area contributed by atoms with Crippen LogP contribution in [0.1, 0.15) is 22.8 Å². The maximum Gasteiger partial charge on any atom is 0.0839 e. The van der Waals surface area contributed by atoms with Crippen molar-refractivity contribution in [1.29, 1.82) is 0 Å². The van der Waals surface area contributed by atoms with E-state index in [1.807, 2.05) is 12.1 Å². The molecule has 0 bridgehead atoms. The summed E-state index contributed by atoms with van der Waals surface area (Å²) < 4.78 is 0. The first-order valence-corrected chi connectivity index (χ1v) is 5.99. The molecule has 1 N–H and O–H groups in total. The summed E-state index contributed by atoms with van der Waals surface area (Å²) in [6, 6.07) is 12.3. The Kier molecular flexibility index (Phi) is 2.65. The molecule has 0 radical (unpaired) electrons. The topological polar surface area (TPSA) is 33.1 Å². The zero-order valence-corrected chi connectivity index (χ0v) is 9.58. The summed E-state index contributed by atoms with van der Waals surface area (Å²) in [5, 5.41) is 10.4. The predicted octanol–water partition coefficient (Wildman–Crippen LogP) is 2.53. The third kappa shape index (κ3) is 1.96. The van der Waals surface area contributed by atoms with E-state index in [0.717, 1.165) is 18.4 Å². The largest absolute Gasteiger partial charge is 0.388 e. The number of aliphatic hydroxyl groups excluding tert-OH is 1. The quantitative estimate of drug-likeness (QED) is 0.852. The van der Waals surface area contributed by atoms with E-state index < -0.39 is 6.10 Å². The van der Waals surface area contributed by atoms with Crippen LogP contribution in [0.4, 0.5) is 0 Å². The van der Waals surface area contributed by atoms with Gasteiger partial charge in [0.05, 0.1) is 6.10 Å². The third-order valence-corrected chi connectivity index (χ3v) is 3.56. The van der Waals surface area contributed by atoms with Gasteiger partial charge in [0.15, 0.2) is 0 Å². The van der Waals surface area contributed by atoms with Crippen LogP contribution in [0, 0.1) is 5.92 Å². The van der Waals surface area contributed by atoms with Crippen LogP contribution in [0.5, 0.6) is 0 Å². The Morgan fingerprint density at radius 3 is 2.35 bits per heavy atom. The summed E-state index contributed by atoms with van der Waals surface area (Å²) in [6.07, 6.45) is 5.02. The van der Waals surface area contributed by atoms with Gasteiger partial charge in [-0.3, -0.25) is 4.98 Å². The molecule has 0 spiro atoms. The molecule has 1 heterocycles. The summed E-state index contributed by atoms with van der Waals surface area (Å²) >= 11 is 0. The molecule has 1 aromatic carbocycles. The van der Waals surface area contributed by atoms with Gasteiger partial charge in [-0.05, 0) is 41.5 Å². The smallest absolute Gasteiger partial charge is 0.0839 e. The van der Waals surface area contributed by atoms with Gasteiger partial charge in [-0.15, -0.1) is 0 Å². The van der Waals surface area contributed by atoms with Gasteiger partial charge in [0.2, 0.25) is 0 Å². The minimum Gasteiger partial charge on any atom is -0.388 e. The number of hydrogen-bond acceptors (Lipinski definition) is 2. The highest BCUT2D eigenvalue weighted by Gasteiger charge is 2.28. The lowest BCUT2D eigenvalue weighted by Crippen LogP contribution is -2.12. The van der Waals surface area contributed by atoms with Crippen LogP contribution in [0.15, 0.2) is 48.8 Å². The lowest BCUT2D eigenvalue weighted by atomic mass is 9.94. The minimum absolute atomic E-state index is 0.289. The summed E-state index contributed by atoms with van der Waals surface area (Å²) in [5.74, 6) is 0.289. The Balaban J connectivity index is 1.81. The zero-order valence-electron chi connectivity index (χ0n) is 9.58. The SMILES string of the molecule is OC(c1cccnc1)C1Cc2ccccc2C1. The van der Waals surface area contributed by atoms with Gasteiger partial charge < -0.3 is 5.11 Å². The van der Waals surface area contributed by atoms with Crippen LogP contribution in [-0.4, -0.2) is 10.1 Å². The van der Waals surface area contributed by atoms with E-state index in [-0.39, 0.29) is 5.92 Å². The second-order valence-electron chi connectivity index (χ2n) is 4.67. The maximum atomic E-state index is 10.4. The standard InChI is InChI=1S/C15H15NO/c17-15(13-6-3-7-16-10-13)14-8-11-4-1-2-5-12(11)9-14/h1-7,10,14-15,17H,8-9H2. The van der Waals surface area contributed by atoms with Crippen LogP contribution in [0.2, 0.25) is 0 Å². The van der Waals surface area contributed by atoms with Crippen LogP contribution < -0.4 is 0 Å². The minimum atomic E-state index is -0.406. The highest BCUT2D eigenvalue weighted by molar-refractivity contribution is 5.33. The fourth-order valence-electron chi connectivity index (χ4n) is 2.64. The van der Waals surface area contributed by atoms with E-state index in [1.165, 1.54) is 11.1 Å². The Hall–Kier alpha value is -1.67. The Labute approximate surface area is 101 Å². The van der Waals surface area contributed by atoms with Crippen molar-refractivity contribution in [2.24, 2.45) is 5.92 Å². The number of aromatic nitrogens is 1. The molecule has 1 aromatic heterocycles. The van der Waals surface area contributed by atoms with E-state index in [1.54, 1.807) is 12.4 Å². The normalized spacial score (nSPS) is 16.8. The molecule has 2 aromatic rings. The number of hydrogen-bond donors (Lipinski definition) is 1. The van der Waals surface area contributed by atoms with Crippen molar-refractivity contribution in [1.82, 2.24) is 4.98 Å². The van der Waals surface area contributed by atoms with Crippen LogP contribution in [-0.2, 0) is 12.8 Å².